The molecule has 1 aromatic rings. The second-order valence-electron chi connectivity index (χ2n) is 4.60. The molecule has 1 rings (SSSR count). The highest BCUT2D eigenvalue weighted by atomic mass is 32.2. The van der Waals surface area contributed by atoms with Gasteiger partial charge in [-0.15, -0.1) is 0 Å². The van der Waals surface area contributed by atoms with E-state index in [-0.39, 0.29) is 11.2 Å². The molecule has 1 aromatic heterocycles. The summed E-state index contributed by atoms with van der Waals surface area (Å²) in [6.07, 6.45) is 3.31. The number of amides is 1. The van der Waals surface area contributed by atoms with Crippen LogP contribution < -0.4 is 5.32 Å². The molecular formula is C14H23N3O2S. The van der Waals surface area contributed by atoms with Crippen molar-refractivity contribution >= 4 is 22.4 Å². The zero-order valence-electron chi connectivity index (χ0n) is 12.5. The first-order chi connectivity index (χ1) is 9.49. The summed E-state index contributed by atoms with van der Waals surface area (Å²) in [7, 11) is -0.862. The average Bonchev–Trinajstić information content (AvgIpc) is 2.46. The Morgan fingerprint density at radius 2 is 2.10 bits per heavy atom. The molecular weight excluding hydrogens is 274 g/mol. The molecule has 20 heavy (non-hydrogen) atoms. The molecule has 112 valence electrons. The molecule has 0 aliphatic rings. The molecule has 0 spiro atoms. The van der Waals surface area contributed by atoms with Gasteiger partial charge in [0.2, 0.25) is 0 Å². The molecule has 0 aromatic carbocycles. The number of nitrogens with zero attached hydrogens (tertiary/aromatic N) is 2. The van der Waals surface area contributed by atoms with E-state index < -0.39 is 10.8 Å². The van der Waals surface area contributed by atoms with E-state index in [1.165, 1.54) is 0 Å². The second-order valence-corrected chi connectivity index (χ2v) is 6.40. The minimum Gasteiger partial charge on any atom is -0.384 e. The van der Waals surface area contributed by atoms with Gasteiger partial charge in [0.1, 0.15) is 5.69 Å². The predicted octanol–water partition coefficient (Wildman–Crippen LogP) is 1.74. The highest BCUT2D eigenvalue weighted by molar-refractivity contribution is 7.84. The number of hydrogen-bond donors (Lipinski definition) is 1. The maximum Gasteiger partial charge on any atom is 0.272 e. The molecule has 0 saturated heterocycles. The Bertz CT molecular complexity index is 475. The van der Waals surface area contributed by atoms with E-state index in [1.54, 1.807) is 23.4 Å². The summed E-state index contributed by atoms with van der Waals surface area (Å²) >= 11 is 0. The van der Waals surface area contributed by atoms with E-state index in [1.807, 2.05) is 26.8 Å². The maximum absolute atomic E-state index is 12.2. The number of rotatable bonds is 7. The number of aromatic nitrogens is 1. The number of hydrogen-bond acceptors (Lipinski definition) is 4. The topological polar surface area (TPSA) is 62.3 Å². The molecule has 1 N–H and O–H groups in total. The van der Waals surface area contributed by atoms with Gasteiger partial charge in [0.05, 0.1) is 0 Å². The fourth-order valence-corrected chi connectivity index (χ4v) is 2.03. The van der Waals surface area contributed by atoms with Crippen molar-refractivity contribution in [1.29, 1.82) is 0 Å². The number of nitrogens with one attached hydrogen (secondary N) is 1. The third kappa shape index (κ3) is 4.59. The van der Waals surface area contributed by atoms with Crippen molar-refractivity contribution in [3.8, 4) is 0 Å². The summed E-state index contributed by atoms with van der Waals surface area (Å²) in [4.78, 5) is 18.1. The van der Waals surface area contributed by atoms with Gasteiger partial charge in [0.15, 0.2) is 0 Å². The molecule has 6 heteroatoms. The molecule has 0 fully saturated rings. The lowest BCUT2D eigenvalue weighted by atomic mass is 10.2. The standard InChI is InChI=1S/C14H23N3O2S/c1-5-17(6-2)14(18)13-9-12(7-8-15-13)16-10-11(3)20(4)19/h7-9,11H,5-6,10H2,1-4H3,(H,15,16). The molecule has 1 heterocycles. The molecule has 2 unspecified atom stereocenters. The summed E-state index contributed by atoms with van der Waals surface area (Å²) < 4.78 is 11.3. The zero-order valence-corrected chi connectivity index (χ0v) is 13.4. The fourth-order valence-electron chi connectivity index (χ4n) is 1.71. The van der Waals surface area contributed by atoms with Crippen LogP contribution in [0.4, 0.5) is 5.69 Å². The number of anilines is 1. The minimum atomic E-state index is -0.862. The highest BCUT2D eigenvalue weighted by Crippen LogP contribution is 2.10. The molecule has 0 bridgehead atoms. The van der Waals surface area contributed by atoms with E-state index in [0.29, 0.717) is 25.3 Å². The van der Waals surface area contributed by atoms with Crippen LogP contribution in [-0.4, -0.2) is 51.1 Å². The maximum atomic E-state index is 12.2. The van der Waals surface area contributed by atoms with Crippen molar-refractivity contribution in [2.75, 3.05) is 31.2 Å². The third-order valence-corrected chi connectivity index (χ3v) is 4.49. The SMILES string of the molecule is CCN(CC)C(=O)c1cc(NCC(C)S(C)=O)ccn1. The van der Waals surface area contributed by atoms with E-state index >= 15 is 0 Å². The van der Waals surface area contributed by atoms with Gasteiger partial charge < -0.3 is 10.2 Å². The van der Waals surface area contributed by atoms with E-state index in [2.05, 4.69) is 10.3 Å². The van der Waals surface area contributed by atoms with Gasteiger partial charge in [-0.05, 0) is 32.9 Å². The van der Waals surface area contributed by atoms with Crippen LogP contribution in [-0.2, 0) is 10.8 Å². The Balaban J connectivity index is 2.75. The summed E-state index contributed by atoms with van der Waals surface area (Å²) in [5.74, 6) is -0.0641. The van der Waals surface area contributed by atoms with Crippen molar-refractivity contribution < 1.29 is 9.00 Å². The number of carbonyl (C=O) groups is 1. The zero-order chi connectivity index (χ0) is 15.1. The monoisotopic (exact) mass is 297 g/mol. The molecule has 0 aliphatic carbocycles. The first-order valence-electron chi connectivity index (χ1n) is 6.81. The first-order valence-corrected chi connectivity index (χ1v) is 8.43. The van der Waals surface area contributed by atoms with Crippen LogP contribution in [0.15, 0.2) is 18.3 Å². The molecule has 0 saturated carbocycles. The van der Waals surface area contributed by atoms with Crippen LogP contribution in [0.3, 0.4) is 0 Å². The molecule has 0 aliphatic heterocycles. The average molecular weight is 297 g/mol. The van der Waals surface area contributed by atoms with Crippen molar-refractivity contribution in [3.63, 3.8) is 0 Å². The number of carbonyl (C=O) groups excluding carboxylic acids is 1. The van der Waals surface area contributed by atoms with Crippen LogP contribution in [0.25, 0.3) is 0 Å². The van der Waals surface area contributed by atoms with E-state index in [0.717, 1.165) is 5.69 Å². The fraction of sp³-hybridized carbons (Fsp3) is 0.571. The molecule has 1 amide bonds. The Morgan fingerprint density at radius 1 is 1.45 bits per heavy atom. The Kier molecular flexibility index (Phi) is 6.64. The summed E-state index contributed by atoms with van der Waals surface area (Å²) in [6, 6.07) is 3.55. The smallest absolute Gasteiger partial charge is 0.272 e. The van der Waals surface area contributed by atoms with Crippen molar-refractivity contribution in [1.82, 2.24) is 9.88 Å². The normalized spacial score (nSPS) is 13.6. The first kappa shape index (κ1) is 16.6. The van der Waals surface area contributed by atoms with E-state index in [4.69, 9.17) is 0 Å². The lowest BCUT2D eigenvalue weighted by Crippen LogP contribution is -2.31. The lowest BCUT2D eigenvalue weighted by molar-refractivity contribution is 0.0767. The van der Waals surface area contributed by atoms with Crippen LogP contribution in [0.5, 0.6) is 0 Å². The van der Waals surface area contributed by atoms with Gasteiger partial charge in [0, 0.05) is 53.8 Å². The Morgan fingerprint density at radius 3 is 2.65 bits per heavy atom. The summed E-state index contributed by atoms with van der Waals surface area (Å²) in [5, 5.41) is 3.25. The largest absolute Gasteiger partial charge is 0.384 e. The van der Waals surface area contributed by atoms with Gasteiger partial charge in [-0.1, -0.05) is 0 Å². The quantitative estimate of drug-likeness (QED) is 0.833. The van der Waals surface area contributed by atoms with Crippen molar-refractivity contribution in [2.45, 2.75) is 26.0 Å². The third-order valence-electron chi connectivity index (χ3n) is 3.19. The van der Waals surface area contributed by atoms with Crippen molar-refractivity contribution in [3.05, 3.63) is 24.0 Å². The summed E-state index contributed by atoms with van der Waals surface area (Å²) in [6.45, 7) is 7.75. The Labute approximate surface area is 123 Å². The van der Waals surface area contributed by atoms with Crippen LogP contribution in [0, 0.1) is 0 Å². The van der Waals surface area contributed by atoms with Crippen LogP contribution in [0.1, 0.15) is 31.3 Å². The predicted molar refractivity (Wildman–Crippen MR) is 83.5 cm³/mol. The Hall–Kier alpha value is -1.43. The van der Waals surface area contributed by atoms with E-state index in [9.17, 15) is 9.00 Å². The summed E-state index contributed by atoms with van der Waals surface area (Å²) in [5.41, 5.74) is 1.26. The second kappa shape index (κ2) is 7.99. The number of pyridine rings is 1. The van der Waals surface area contributed by atoms with Gasteiger partial charge in [-0.3, -0.25) is 14.0 Å². The highest BCUT2D eigenvalue weighted by Gasteiger charge is 2.14. The minimum absolute atomic E-state index is 0.0603. The van der Waals surface area contributed by atoms with Gasteiger partial charge in [-0.2, -0.15) is 0 Å². The van der Waals surface area contributed by atoms with Crippen molar-refractivity contribution in [2.24, 2.45) is 0 Å². The lowest BCUT2D eigenvalue weighted by Gasteiger charge is -2.18. The van der Waals surface area contributed by atoms with Crippen LogP contribution >= 0.6 is 0 Å². The van der Waals surface area contributed by atoms with Gasteiger partial charge in [-0.25, -0.2) is 0 Å². The molecule has 2 atom stereocenters. The van der Waals surface area contributed by atoms with Crippen LogP contribution in [0.2, 0.25) is 0 Å². The molecule has 0 radical (unpaired) electrons. The van der Waals surface area contributed by atoms with Gasteiger partial charge >= 0.3 is 0 Å². The molecule has 5 nitrogen and oxygen atoms in total. The van der Waals surface area contributed by atoms with Gasteiger partial charge in [0.25, 0.3) is 5.91 Å².